The predicted molar refractivity (Wildman–Crippen MR) is 92.1 cm³/mol. The van der Waals surface area contributed by atoms with E-state index in [-0.39, 0.29) is 0 Å². The Hall–Kier alpha value is -2.14. The van der Waals surface area contributed by atoms with Gasteiger partial charge < -0.3 is 9.47 Å². The van der Waals surface area contributed by atoms with Gasteiger partial charge in [0.05, 0.1) is 23.3 Å². The van der Waals surface area contributed by atoms with Gasteiger partial charge in [-0.25, -0.2) is 15.0 Å². The van der Waals surface area contributed by atoms with Crippen molar-refractivity contribution in [2.24, 2.45) is 0 Å². The number of rotatable bonds is 3. The summed E-state index contributed by atoms with van der Waals surface area (Å²) in [5, 5.41) is 0.602. The Kier molecular flexibility index (Phi) is 3.45. The smallest absolute Gasteiger partial charge is 0.150 e. The molecule has 1 aromatic carbocycles. The van der Waals surface area contributed by atoms with Crippen molar-refractivity contribution in [1.82, 2.24) is 19.5 Å². The number of halogens is 1. The van der Waals surface area contributed by atoms with Gasteiger partial charge in [0.15, 0.2) is 5.82 Å². The third-order valence-electron chi connectivity index (χ3n) is 4.31. The first-order chi connectivity index (χ1) is 11.1. The van der Waals surface area contributed by atoms with Crippen LogP contribution in [0.25, 0.3) is 11.0 Å². The van der Waals surface area contributed by atoms with Crippen LogP contribution in [0.2, 0.25) is 5.02 Å². The SMILES string of the molecule is CC(C)c1nc2ccccc2n1C1CN(c2ncncc2Cl)C1. The summed E-state index contributed by atoms with van der Waals surface area (Å²) >= 11 is 6.20. The van der Waals surface area contributed by atoms with Gasteiger partial charge in [-0.3, -0.25) is 0 Å². The van der Waals surface area contributed by atoms with Crippen LogP contribution in [0.4, 0.5) is 5.82 Å². The first-order valence-electron chi connectivity index (χ1n) is 7.82. The molecule has 1 saturated heterocycles. The maximum absolute atomic E-state index is 6.20. The number of aromatic nitrogens is 4. The number of imidazole rings is 1. The highest BCUT2D eigenvalue weighted by atomic mass is 35.5. The molecule has 0 saturated carbocycles. The lowest BCUT2D eigenvalue weighted by Gasteiger charge is -2.42. The van der Waals surface area contributed by atoms with E-state index in [1.807, 2.05) is 6.07 Å². The normalized spacial score (nSPS) is 15.4. The van der Waals surface area contributed by atoms with Gasteiger partial charge in [-0.1, -0.05) is 37.6 Å². The molecule has 2 aromatic heterocycles. The van der Waals surface area contributed by atoms with Crippen molar-refractivity contribution in [3.63, 3.8) is 0 Å². The summed E-state index contributed by atoms with van der Waals surface area (Å²) < 4.78 is 2.38. The van der Waals surface area contributed by atoms with Gasteiger partial charge in [0, 0.05) is 19.0 Å². The van der Waals surface area contributed by atoms with Crippen LogP contribution in [0.5, 0.6) is 0 Å². The van der Waals surface area contributed by atoms with E-state index < -0.39 is 0 Å². The summed E-state index contributed by atoms with van der Waals surface area (Å²) in [7, 11) is 0. The zero-order valence-corrected chi connectivity index (χ0v) is 13.9. The molecule has 1 aliphatic rings. The quantitative estimate of drug-likeness (QED) is 0.736. The fourth-order valence-electron chi connectivity index (χ4n) is 3.18. The topological polar surface area (TPSA) is 46.8 Å². The summed E-state index contributed by atoms with van der Waals surface area (Å²) in [6, 6.07) is 8.73. The standard InChI is InChI=1S/C17H18ClN5/c1-11(2)16-21-14-5-3-4-6-15(14)23(16)12-8-22(9-12)17-13(18)7-19-10-20-17/h3-7,10-12H,8-9H2,1-2H3. The van der Waals surface area contributed by atoms with Crippen LogP contribution in [-0.2, 0) is 0 Å². The monoisotopic (exact) mass is 327 g/mol. The largest absolute Gasteiger partial charge is 0.351 e. The van der Waals surface area contributed by atoms with Crippen LogP contribution in [0.15, 0.2) is 36.8 Å². The van der Waals surface area contributed by atoms with Crippen LogP contribution in [0.3, 0.4) is 0 Å². The lowest BCUT2D eigenvalue weighted by molar-refractivity contribution is 0.390. The molecule has 0 spiro atoms. The maximum atomic E-state index is 6.20. The molecule has 4 rings (SSSR count). The van der Waals surface area contributed by atoms with Crippen LogP contribution in [0, 0.1) is 0 Å². The molecule has 1 aliphatic heterocycles. The van der Waals surface area contributed by atoms with Crippen molar-refractivity contribution < 1.29 is 0 Å². The average Bonchev–Trinajstić information content (AvgIpc) is 2.88. The van der Waals surface area contributed by atoms with Crippen molar-refractivity contribution in [3.8, 4) is 0 Å². The van der Waals surface area contributed by atoms with Gasteiger partial charge in [0.2, 0.25) is 0 Å². The summed E-state index contributed by atoms with van der Waals surface area (Å²) in [6.45, 7) is 6.15. The lowest BCUT2D eigenvalue weighted by atomic mass is 10.1. The Morgan fingerprint density at radius 3 is 2.74 bits per heavy atom. The zero-order valence-electron chi connectivity index (χ0n) is 13.1. The highest BCUT2D eigenvalue weighted by molar-refractivity contribution is 6.32. The van der Waals surface area contributed by atoms with Crippen LogP contribution in [-0.4, -0.2) is 32.6 Å². The molecular formula is C17H18ClN5. The third-order valence-corrected chi connectivity index (χ3v) is 4.58. The molecule has 5 nitrogen and oxygen atoms in total. The fourth-order valence-corrected chi connectivity index (χ4v) is 3.41. The lowest BCUT2D eigenvalue weighted by Crippen LogP contribution is -2.48. The fraction of sp³-hybridized carbons (Fsp3) is 0.353. The van der Waals surface area contributed by atoms with Gasteiger partial charge in [0.1, 0.15) is 17.2 Å². The summed E-state index contributed by atoms with van der Waals surface area (Å²) in [5.74, 6) is 2.34. The van der Waals surface area contributed by atoms with Crippen LogP contribution >= 0.6 is 11.6 Å². The maximum Gasteiger partial charge on any atom is 0.150 e. The van der Waals surface area contributed by atoms with E-state index in [9.17, 15) is 0 Å². The van der Waals surface area contributed by atoms with Gasteiger partial charge in [-0.15, -0.1) is 0 Å². The van der Waals surface area contributed by atoms with Crippen molar-refractivity contribution >= 4 is 28.5 Å². The molecule has 0 aliphatic carbocycles. The number of para-hydroxylation sites is 2. The first-order valence-corrected chi connectivity index (χ1v) is 8.20. The molecule has 23 heavy (non-hydrogen) atoms. The number of hydrogen-bond donors (Lipinski definition) is 0. The Morgan fingerprint density at radius 2 is 2.00 bits per heavy atom. The van der Waals surface area contributed by atoms with E-state index in [4.69, 9.17) is 16.6 Å². The van der Waals surface area contributed by atoms with Gasteiger partial charge in [0.25, 0.3) is 0 Å². The first kappa shape index (κ1) is 14.5. The number of nitrogens with zero attached hydrogens (tertiary/aromatic N) is 5. The summed E-state index contributed by atoms with van der Waals surface area (Å²) in [4.78, 5) is 15.3. The van der Waals surface area contributed by atoms with Crippen LogP contribution in [0.1, 0.15) is 31.6 Å². The molecule has 0 atom stereocenters. The Labute approximate surface area is 139 Å². The molecule has 0 radical (unpaired) electrons. The van der Waals surface area contributed by atoms with Gasteiger partial charge in [-0.05, 0) is 12.1 Å². The summed E-state index contributed by atoms with van der Waals surface area (Å²) in [5.41, 5.74) is 2.27. The van der Waals surface area contributed by atoms with Crippen molar-refractivity contribution in [2.75, 3.05) is 18.0 Å². The minimum Gasteiger partial charge on any atom is -0.351 e. The van der Waals surface area contributed by atoms with Crippen molar-refractivity contribution in [3.05, 3.63) is 47.6 Å². The Balaban J connectivity index is 1.67. The molecule has 118 valence electrons. The van der Waals surface area contributed by atoms with E-state index in [1.165, 1.54) is 5.52 Å². The molecule has 0 amide bonds. The number of fused-ring (bicyclic) bond motifs is 1. The molecule has 1 fully saturated rings. The van der Waals surface area contributed by atoms with Crippen molar-refractivity contribution in [2.45, 2.75) is 25.8 Å². The molecule has 6 heteroatoms. The molecule has 0 bridgehead atoms. The average molecular weight is 328 g/mol. The molecule has 0 unspecified atom stereocenters. The number of anilines is 1. The summed E-state index contributed by atoms with van der Waals surface area (Å²) in [6.07, 6.45) is 3.18. The zero-order chi connectivity index (χ0) is 16.0. The van der Waals surface area contributed by atoms with Crippen molar-refractivity contribution in [1.29, 1.82) is 0 Å². The Bertz CT molecular complexity index is 851. The van der Waals surface area contributed by atoms with E-state index >= 15 is 0 Å². The number of hydrogen-bond acceptors (Lipinski definition) is 4. The van der Waals surface area contributed by atoms with Crippen LogP contribution < -0.4 is 4.90 Å². The van der Waals surface area contributed by atoms with Gasteiger partial charge in [-0.2, -0.15) is 0 Å². The highest BCUT2D eigenvalue weighted by Gasteiger charge is 2.33. The molecular weight excluding hydrogens is 310 g/mol. The predicted octanol–water partition coefficient (Wildman–Crippen LogP) is 3.66. The van der Waals surface area contributed by atoms with Gasteiger partial charge >= 0.3 is 0 Å². The Morgan fingerprint density at radius 1 is 1.22 bits per heavy atom. The molecule has 0 N–H and O–H groups in total. The second kappa shape index (κ2) is 5.49. The molecule has 3 heterocycles. The minimum absolute atomic E-state index is 0.388. The second-order valence-electron chi connectivity index (χ2n) is 6.24. The number of benzene rings is 1. The van der Waals surface area contributed by atoms with E-state index in [0.29, 0.717) is 17.0 Å². The van der Waals surface area contributed by atoms with E-state index in [0.717, 1.165) is 30.2 Å². The van der Waals surface area contributed by atoms with E-state index in [2.05, 4.69) is 51.5 Å². The highest BCUT2D eigenvalue weighted by Crippen LogP contribution is 2.34. The minimum atomic E-state index is 0.388. The third kappa shape index (κ3) is 2.36. The second-order valence-corrected chi connectivity index (χ2v) is 6.64. The van der Waals surface area contributed by atoms with E-state index in [1.54, 1.807) is 12.5 Å². The molecule has 3 aromatic rings.